The number of hydrogen-bond donors (Lipinski definition) is 1. The van der Waals surface area contributed by atoms with Gasteiger partial charge in [-0.2, -0.15) is 0 Å². The minimum absolute atomic E-state index is 0.0288. The zero-order valence-corrected chi connectivity index (χ0v) is 21.9. The minimum atomic E-state index is -0.776. The maximum atomic E-state index is 13.4. The molecule has 38 heavy (non-hydrogen) atoms. The van der Waals surface area contributed by atoms with E-state index in [0.29, 0.717) is 28.5 Å². The van der Waals surface area contributed by atoms with E-state index < -0.39 is 17.8 Å². The van der Waals surface area contributed by atoms with E-state index in [-0.39, 0.29) is 18.4 Å². The lowest BCUT2D eigenvalue weighted by molar-refractivity contribution is -0.172. The van der Waals surface area contributed by atoms with Crippen molar-refractivity contribution in [2.45, 2.75) is 40.5 Å². The molecule has 2 aromatic carbocycles. The van der Waals surface area contributed by atoms with Gasteiger partial charge in [0.25, 0.3) is 11.8 Å². The number of imide groups is 1. The molecular formula is C30H29N3O5. The van der Waals surface area contributed by atoms with Crippen LogP contribution in [0.15, 0.2) is 57.9 Å². The number of benzene rings is 3. The van der Waals surface area contributed by atoms with E-state index in [2.05, 4.69) is 10.3 Å². The predicted molar refractivity (Wildman–Crippen MR) is 145 cm³/mol. The Morgan fingerprint density at radius 1 is 1.00 bits per heavy atom. The SMILES string of the molecule is CCN=c1cc2oc3cc(NCC)c(C)cc3c(-c3ccccc3C(=O)ON3C(=O)CCC3=O)c-2cc1C. The Bertz CT molecular complexity index is 1620. The number of rotatable bonds is 6. The van der Waals surface area contributed by atoms with Crippen LogP contribution in [0.1, 0.15) is 48.2 Å². The van der Waals surface area contributed by atoms with Crippen molar-refractivity contribution in [2.75, 3.05) is 18.4 Å². The summed E-state index contributed by atoms with van der Waals surface area (Å²) in [4.78, 5) is 47.5. The van der Waals surface area contributed by atoms with Crippen molar-refractivity contribution in [2.24, 2.45) is 4.99 Å². The maximum Gasteiger partial charge on any atom is 0.364 e. The summed E-state index contributed by atoms with van der Waals surface area (Å²) in [7, 11) is 0. The number of carbonyl (C=O) groups excluding carboxylic acids is 3. The van der Waals surface area contributed by atoms with Crippen LogP contribution in [0.25, 0.3) is 33.4 Å². The highest BCUT2D eigenvalue weighted by molar-refractivity contribution is 6.09. The van der Waals surface area contributed by atoms with Crippen molar-refractivity contribution in [3.63, 3.8) is 0 Å². The molecule has 2 heterocycles. The van der Waals surface area contributed by atoms with Gasteiger partial charge in [-0.25, -0.2) is 4.79 Å². The molecule has 0 atom stereocenters. The largest absolute Gasteiger partial charge is 0.456 e. The monoisotopic (exact) mass is 511 g/mol. The summed E-state index contributed by atoms with van der Waals surface area (Å²) in [6, 6.07) is 15.0. The van der Waals surface area contributed by atoms with Crippen molar-refractivity contribution in [3.05, 3.63) is 70.6 Å². The van der Waals surface area contributed by atoms with Crippen molar-refractivity contribution in [3.8, 4) is 22.5 Å². The second kappa shape index (κ2) is 10.1. The molecule has 2 aromatic rings. The molecule has 2 amide bonds. The van der Waals surface area contributed by atoms with Crippen LogP contribution >= 0.6 is 0 Å². The van der Waals surface area contributed by atoms with Crippen LogP contribution in [0.2, 0.25) is 0 Å². The van der Waals surface area contributed by atoms with Crippen LogP contribution in [-0.4, -0.2) is 35.9 Å². The van der Waals surface area contributed by atoms with Gasteiger partial charge in [0.1, 0.15) is 11.3 Å². The summed E-state index contributed by atoms with van der Waals surface area (Å²) in [5, 5.41) is 5.61. The molecule has 2 aliphatic heterocycles. The van der Waals surface area contributed by atoms with Crippen LogP contribution in [0.5, 0.6) is 0 Å². The summed E-state index contributed by atoms with van der Waals surface area (Å²) < 4.78 is 6.41. The maximum absolute atomic E-state index is 13.4. The third-order valence-electron chi connectivity index (χ3n) is 6.68. The highest BCUT2D eigenvalue weighted by atomic mass is 16.7. The molecule has 0 aromatic heterocycles. The molecule has 194 valence electrons. The second-order valence-corrected chi connectivity index (χ2v) is 9.29. The van der Waals surface area contributed by atoms with Gasteiger partial charge in [0.2, 0.25) is 0 Å². The number of hydrogen-bond acceptors (Lipinski definition) is 7. The molecule has 0 spiro atoms. The van der Waals surface area contributed by atoms with Gasteiger partial charge in [-0.15, -0.1) is 5.06 Å². The van der Waals surface area contributed by atoms with Crippen molar-refractivity contribution in [1.82, 2.24) is 5.06 Å². The van der Waals surface area contributed by atoms with Crippen molar-refractivity contribution >= 4 is 34.4 Å². The summed E-state index contributed by atoms with van der Waals surface area (Å²) in [5.41, 5.74) is 6.06. The molecule has 8 nitrogen and oxygen atoms in total. The van der Waals surface area contributed by atoms with E-state index in [0.717, 1.165) is 45.2 Å². The van der Waals surface area contributed by atoms with E-state index in [1.165, 1.54) is 0 Å². The van der Waals surface area contributed by atoms with Gasteiger partial charge in [-0.05, 0) is 62.6 Å². The van der Waals surface area contributed by atoms with Crippen LogP contribution < -0.4 is 10.7 Å². The first kappa shape index (κ1) is 25.2. The van der Waals surface area contributed by atoms with Crippen LogP contribution in [0.4, 0.5) is 5.69 Å². The molecule has 1 fully saturated rings. The number of nitrogens with one attached hydrogen (secondary N) is 1. The lowest BCUT2D eigenvalue weighted by Crippen LogP contribution is -2.32. The summed E-state index contributed by atoms with van der Waals surface area (Å²) in [6.07, 6.45) is 0.0576. The Morgan fingerprint density at radius 2 is 1.74 bits per heavy atom. The van der Waals surface area contributed by atoms with Crippen molar-refractivity contribution < 1.29 is 23.6 Å². The van der Waals surface area contributed by atoms with Gasteiger partial charge in [-0.1, -0.05) is 18.2 Å². The average molecular weight is 512 g/mol. The van der Waals surface area contributed by atoms with E-state index >= 15 is 0 Å². The highest BCUT2D eigenvalue weighted by Gasteiger charge is 2.34. The molecule has 0 bridgehead atoms. The molecule has 1 N–H and O–H groups in total. The van der Waals surface area contributed by atoms with Gasteiger partial charge in [0, 0.05) is 60.3 Å². The first-order valence-corrected chi connectivity index (χ1v) is 12.8. The van der Waals surface area contributed by atoms with Crippen LogP contribution in [0, 0.1) is 13.8 Å². The fourth-order valence-electron chi connectivity index (χ4n) is 4.87. The van der Waals surface area contributed by atoms with E-state index in [1.54, 1.807) is 12.1 Å². The quantitative estimate of drug-likeness (QED) is 0.275. The minimum Gasteiger partial charge on any atom is -0.456 e. The number of nitrogens with zero attached hydrogens (tertiary/aromatic N) is 2. The van der Waals surface area contributed by atoms with Crippen molar-refractivity contribution in [1.29, 1.82) is 0 Å². The second-order valence-electron chi connectivity index (χ2n) is 9.29. The molecule has 1 aliphatic carbocycles. The third kappa shape index (κ3) is 4.42. The molecule has 8 heteroatoms. The number of anilines is 1. The number of aryl methyl sites for hydroxylation is 2. The Hall–Kier alpha value is -4.46. The van der Waals surface area contributed by atoms with Crippen LogP contribution in [0.3, 0.4) is 0 Å². The molecule has 1 saturated heterocycles. The Balaban J connectivity index is 1.79. The Morgan fingerprint density at radius 3 is 2.45 bits per heavy atom. The summed E-state index contributed by atoms with van der Waals surface area (Å²) in [5.74, 6) is -1.19. The predicted octanol–water partition coefficient (Wildman–Crippen LogP) is 5.39. The van der Waals surface area contributed by atoms with Gasteiger partial charge >= 0.3 is 5.97 Å². The number of hydroxylamine groups is 2. The fraction of sp³-hybridized carbons (Fsp3) is 0.267. The molecule has 0 saturated carbocycles. The normalized spacial score (nSPS) is 14.1. The third-order valence-corrected chi connectivity index (χ3v) is 6.68. The number of carbonyl (C=O) groups is 3. The zero-order chi connectivity index (χ0) is 27.0. The lowest BCUT2D eigenvalue weighted by atomic mass is 9.89. The summed E-state index contributed by atoms with van der Waals surface area (Å²) >= 11 is 0. The van der Waals surface area contributed by atoms with E-state index in [1.807, 2.05) is 64.1 Å². The number of amides is 2. The van der Waals surface area contributed by atoms with Crippen LogP contribution in [-0.2, 0) is 14.4 Å². The lowest BCUT2D eigenvalue weighted by Gasteiger charge is -2.20. The van der Waals surface area contributed by atoms with Gasteiger partial charge in [-0.3, -0.25) is 14.6 Å². The van der Waals surface area contributed by atoms with E-state index in [4.69, 9.17) is 9.25 Å². The van der Waals surface area contributed by atoms with E-state index in [9.17, 15) is 14.4 Å². The first-order chi connectivity index (χ1) is 18.3. The smallest absolute Gasteiger partial charge is 0.364 e. The molecule has 0 unspecified atom stereocenters. The van der Waals surface area contributed by atoms with Gasteiger partial charge in [0.15, 0.2) is 0 Å². The molecule has 3 aliphatic rings. The fourth-order valence-corrected chi connectivity index (χ4v) is 4.87. The highest BCUT2D eigenvalue weighted by Crippen LogP contribution is 2.43. The number of fused-ring (bicyclic) bond motifs is 2. The zero-order valence-electron chi connectivity index (χ0n) is 21.9. The van der Waals surface area contributed by atoms with Gasteiger partial charge < -0.3 is 14.6 Å². The summed E-state index contributed by atoms with van der Waals surface area (Å²) in [6.45, 7) is 9.42. The standard InChI is InChI=1S/C30H29N3O5/c1-5-31-23-15-25-21(13-17(23)3)29(22-14-18(4)24(32-6-2)16-26(22)37-25)19-9-7-8-10-20(19)30(36)38-33-27(34)11-12-28(33)35/h7-10,13-16,31H,5-6,11-12H2,1-4H3. The first-order valence-electron chi connectivity index (χ1n) is 12.8. The Labute approximate surface area is 220 Å². The Kier molecular flexibility index (Phi) is 6.72. The topological polar surface area (TPSA) is 101 Å². The molecular weight excluding hydrogens is 482 g/mol. The molecule has 5 rings (SSSR count). The average Bonchev–Trinajstić information content (AvgIpc) is 3.21. The van der Waals surface area contributed by atoms with Gasteiger partial charge in [0.05, 0.1) is 10.9 Å². The molecule has 0 radical (unpaired) electrons.